The summed E-state index contributed by atoms with van der Waals surface area (Å²) in [5.74, 6) is 0. The smallest absolute Gasteiger partial charge is 0.0372 e. The molecule has 1 heterocycles. The monoisotopic (exact) mass is 246 g/mol. The Kier molecular flexibility index (Phi) is 4.65. The third-order valence-electron chi connectivity index (χ3n) is 4.01. The molecule has 1 N–H and O–H groups in total. The minimum Gasteiger partial charge on any atom is -0.382 e. The van der Waals surface area contributed by atoms with Crippen LogP contribution in [-0.2, 0) is 0 Å². The van der Waals surface area contributed by atoms with Crippen LogP contribution < -0.4 is 5.32 Å². The number of nitrogens with one attached hydrogen (secondary N) is 1. The molecule has 0 bridgehead atoms. The van der Waals surface area contributed by atoms with E-state index in [4.69, 9.17) is 0 Å². The number of benzene rings is 1. The fourth-order valence-corrected chi connectivity index (χ4v) is 2.81. The van der Waals surface area contributed by atoms with Crippen molar-refractivity contribution >= 4 is 5.69 Å². The SMILES string of the molecule is CCN1CCCC(Nc2ccc(C)cc2C)CC1. The Balaban J connectivity index is 1.96. The second-order valence-electron chi connectivity index (χ2n) is 5.52. The van der Waals surface area contributed by atoms with Crippen molar-refractivity contribution in [3.8, 4) is 0 Å². The van der Waals surface area contributed by atoms with Gasteiger partial charge in [-0.15, -0.1) is 0 Å². The molecule has 0 radical (unpaired) electrons. The molecule has 1 fully saturated rings. The molecule has 0 aliphatic carbocycles. The highest BCUT2D eigenvalue weighted by Gasteiger charge is 2.16. The minimum atomic E-state index is 0.642. The van der Waals surface area contributed by atoms with Crippen LogP contribution in [0.25, 0.3) is 0 Å². The first kappa shape index (κ1) is 13.4. The lowest BCUT2D eigenvalue weighted by Crippen LogP contribution is -2.26. The van der Waals surface area contributed by atoms with E-state index < -0.39 is 0 Å². The summed E-state index contributed by atoms with van der Waals surface area (Å²) in [5.41, 5.74) is 4.03. The number of hydrogen-bond acceptors (Lipinski definition) is 2. The standard InChI is InChI=1S/C16H26N2/c1-4-18-10-5-6-15(9-11-18)17-16-8-7-13(2)12-14(16)3/h7-8,12,15,17H,4-6,9-11H2,1-3H3. The van der Waals surface area contributed by atoms with Gasteiger partial charge in [-0.1, -0.05) is 24.6 Å². The Labute approximate surface area is 111 Å². The molecule has 1 aromatic rings. The summed E-state index contributed by atoms with van der Waals surface area (Å²) < 4.78 is 0. The van der Waals surface area contributed by atoms with Crippen LogP contribution >= 0.6 is 0 Å². The van der Waals surface area contributed by atoms with E-state index in [1.165, 1.54) is 55.7 Å². The summed E-state index contributed by atoms with van der Waals surface area (Å²) in [5, 5.41) is 3.73. The largest absolute Gasteiger partial charge is 0.382 e. The Morgan fingerprint density at radius 2 is 2.06 bits per heavy atom. The average molecular weight is 246 g/mol. The Hall–Kier alpha value is -1.02. The van der Waals surface area contributed by atoms with Crippen molar-refractivity contribution < 1.29 is 0 Å². The van der Waals surface area contributed by atoms with Gasteiger partial charge >= 0.3 is 0 Å². The Morgan fingerprint density at radius 1 is 1.22 bits per heavy atom. The maximum Gasteiger partial charge on any atom is 0.0372 e. The molecule has 1 atom stereocenters. The normalized spacial score (nSPS) is 21.6. The van der Waals surface area contributed by atoms with Crippen LogP contribution in [0.5, 0.6) is 0 Å². The lowest BCUT2D eigenvalue weighted by atomic mass is 10.1. The van der Waals surface area contributed by atoms with E-state index in [9.17, 15) is 0 Å². The van der Waals surface area contributed by atoms with Crippen molar-refractivity contribution in [3.05, 3.63) is 29.3 Å². The topological polar surface area (TPSA) is 15.3 Å². The molecule has 2 rings (SSSR count). The molecule has 0 amide bonds. The molecule has 1 aliphatic rings. The van der Waals surface area contributed by atoms with Crippen molar-refractivity contribution in [3.63, 3.8) is 0 Å². The van der Waals surface area contributed by atoms with Gasteiger partial charge in [0.25, 0.3) is 0 Å². The second kappa shape index (κ2) is 6.24. The second-order valence-corrected chi connectivity index (χ2v) is 5.52. The van der Waals surface area contributed by atoms with Gasteiger partial charge in [-0.3, -0.25) is 0 Å². The van der Waals surface area contributed by atoms with Gasteiger partial charge in [-0.05, 0) is 57.8 Å². The molecular formula is C16H26N2. The predicted molar refractivity (Wildman–Crippen MR) is 79.3 cm³/mol. The molecule has 1 saturated heterocycles. The zero-order valence-corrected chi connectivity index (χ0v) is 12.0. The summed E-state index contributed by atoms with van der Waals surface area (Å²) in [6.07, 6.45) is 3.88. The zero-order chi connectivity index (χ0) is 13.0. The van der Waals surface area contributed by atoms with Crippen molar-refractivity contribution in [1.82, 2.24) is 4.90 Å². The van der Waals surface area contributed by atoms with Gasteiger partial charge in [0.15, 0.2) is 0 Å². The first-order valence-electron chi connectivity index (χ1n) is 7.25. The fraction of sp³-hybridized carbons (Fsp3) is 0.625. The van der Waals surface area contributed by atoms with Crippen LogP contribution in [0.1, 0.15) is 37.3 Å². The van der Waals surface area contributed by atoms with Crippen LogP contribution in [0.3, 0.4) is 0 Å². The van der Waals surface area contributed by atoms with E-state index in [0.29, 0.717) is 6.04 Å². The lowest BCUT2D eigenvalue weighted by molar-refractivity contribution is 0.300. The van der Waals surface area contributed by atoms with E-state index in [2.05, 4.69) is 49.2 Å². The number of rotatable bonds is 3. The van der Waals surface area contributed by atoms with Crippen LogP contribution in [-0.4, -0.2) is 30.6 Å². The summed E-state index contributed by atoms with van der Waals surface area (Å²) in [6, 6.07) is 7.33. The number of nitrogens with zero attached hydrogens (tertiary/aromatic N) is 1. The highest BCUT2D eigenvalue weighted by atomic mass is 15.1. The van der Waals surface area contributed by atoms with E-state index in [-0.39, 0.29) is 0 Å². The molecule has 1 aromatic carbocycles. The van der Waals surface area contributed by atoms with Crippen molar-refractivity contribution in [2.24, 2.45) is 0 Å². The van der Waals surface area contributed by atoms with Crippen LogP contribution in [0.2, 0.25) is 0 Å². The predicted octanol–water partition coefficient (Wildman–Crippen LogP) is 3.59. The molecule has 0 aromatic heterocycles. The maximum atomic E-state index is 3.73. The van der Waals surface area contributed by atoms with Gasteiger partial charge in [0.05, 0.1) is 0 Å². The number of likely N-dealkylation sites (tertiary alicyclic amines) is 1. The fourth-order valence-electron chi connectivity index (χ4n) is 2.81. The van der Waals surface area contributed by atoms with E-state index in [1.54, 1.807) is 0 Å². The van der Waals surface area contributed by atoms with Gasteiger partial charge < -0.3 is 10.2 Å². The molecule has 2 heteroatoms. The number of aryl methyl sites for hydroxylation is 2. The summed E-state index contributed by atoms with van der Waals surface area (Å²) in [6.45, 7) is 10.3. The molecule has 0 spiro atoms. The van der Waals surface area contributed by atoms with Crippen molar-refractivity contribution in [2.45, 2.75) is 46.1 Å². The molecule has 1 unspecified atom stereocenters. The average Bonchev–Trinajstić information content (AvgIpc) is 2.58. The Bertz CT molecular complexity index is 387. The van der Waals surface area contributed by atoms with Crippen LogP contribution in [0.4, 0.5) is 5.69 Å². The first-order chi connectivity index (χ1) is 8.69. The molecule has 0 saturated carbocycles. The van der Waals surface area contributed by atoms with Gasteiger partial charge in [0, 0.05) is 18.3 Å². The highest BCUT2D eigenvalue weighted by molar-refractivity contribution is 5.52. The minimum absolute atomic E-state index is 0.642. The van der Waals surface area contributed by atoms with E-state index in [0.717, 1.165) is 0 Å². The number of hydrogen-bond donors (Lipinski definition) is 1. The lowest BCUT2D eigenvalue weighted by Gasteiger charge is -2.20. The Morgan fingerprint density at radius 3 is 2.78 bits per heavy atom. The quantitative estimate of drug-likeness (QED) is 0.877. The van der Waals surface area contributed by atoms with E-state index in [1.807, 2.05) is 0 Å². The van der Waals surface area contributed by atoms with Gasteiger partial charge in [-0.2, -0.15) is 0 Å². The number of anilines is 1. The molecule has 100 valence electrons. The summed E-state index contributed by atoms with van der Waals surface area (Å²) in [7, 11) is 0. The van der Waals surface area contributed by atoms with Crippen LogP contribution in [0, 0.1) is 13.8 Å². The third kappa shape index (κ3) is 3.49. The van der Waals surface area contributed by atoms with Gasteiger partial charge in [0.1, 0.15) is 0 Å². The summed E-state index contributed by atoms with van der Waals surface area (Å²) >= 11 is 0. The molecule has 2 nitrogen and oxygen atoms in total. The van der Waals surface area contributed by atoms with E-state index >= 15 is 0 Å². The summed E-state index contributed by atoms with van der Waals surface area (Å²) in [4.78, 5) is 2.56. The molecule has 18 heavy (non-hydrogen) atoms. The van der Waals surface area contributed by atoms with Crippen LogP contribution in [0.15, 0.2) is 18.2 Å². The highest BCUT2D eigenvalue weighted by Crippen LogP contribution is 2.21. The molecule has 1 aliphatic heterocycles. The maximum absolute atomic E-state index is 3.73. The van der Waals surface area contributed by atoms with Crippen molar-refractivity contribution in [1.29, 1.82) is 0 Å². The first-order valence-corrected chi connectivity index (χ1v) is 7.25. The zero-order valence-electron chi connectivity index (χ0n) is 12.0. The van der Waals surface area contributed by atoms with Gasteiger partial charge in [-0.25, -0.2) is 0 Å². The molecular weight excluding hydrogens is 220 g/mol. The van der Waals surface area contributed by atoms with Crippen molar-refractivity contribution in [2.75, 3.05) is 25.0 Å². The third-order valence-corrected chi connectivity index (χ3v) is 4.01. The van der Waals surface area contributed by atoms with Gasteiger partial charge in [0.2, 0.25) is 0 Å².